The summed E-state index contributed by atoms with van der Waals surface area (Å²) in [5.74, 6) is 0.354. The van der Waals surface area contributed by atoms with Gasteiger partial charge >= 0.3 is 6.03 Å². The molecule has 0 aromatic heterocycles. The lowest BCUT2D eigenvalue weighted by Crippen LogP contribution is -2.56. The molecule has 2 amide bonds. The molecule has 0 aliphatic carbocycles. The number of ether oxygens (including phenoxy) is 3. The maximum Gasteiger partial charge on any atom is 0.322 e. The van der Waals surface area contributed by atoms with Crippen LogP contribution in [0.1, 0.15) is 12.0 Å². The van der Waals surface area contributed by atoms with Gasteiger partial charge in [0.2, 0.25) is 0 Å². The van der Waals surface area contributed by atoms with Gasteiger partial charge in [0.25, 0.3) is 0 Å². The zero-order valence-electron chi connectivity index (χ0n) is 15.9. The van der Waals surface area contributed by atoms with Crippen molar-refractivity contribution in [2.24, 2.45) is 0 Å². The van der Waals surface area contributed by atoms with E-state index in [4.69, 9.17) is 14.2 Å². The fourth-order valence-corrected chi connectivity index (χ4v) is 2.78. The topological polar surface area (TPSA) is 60.0 Å². The maximum absolute atomic E-state index is 12.9. The average Bonchev–Trinajstić information content (AvgIpc) is 2.66. The van der Waals surface area contributed by atoms with Crippen molar-refractivity contribution in [2.75, 3.05) is 38.7 Å². The molecular weight excluding hydrogens is 363 g/mol. The summed E-state index contributed by atoms with van der Waals surface area (Å²) in [6, 6.07) is 13.2. The molecule has 1 N–H and O–H groups in total. The van der Waals surface area contributed by atoms with E-state index in [-0.39, 0.29) is 18.0 Å². The number of methoxy groups -OCH3 is 1. The highest BCUT2D eigenvalue weighted by atomic mass is 19.1. The third kappa shape index (κ3) is 5.94. The fraction of sp³-hybridized carbons (Fsp3) is 0.381. The molecule has 28 heavy (non-hydrogen) atoms. The monoisotopic (exact) mass is 388 g/mol. The van der Waals surface area contributed by atoms with E-state index in [1.54, 1.807) is 36.3 Å². The summed E-state index contributed by atoms with van der Waals surface area (Å²) in [5.41, 5.74) is 1.53. The van der Waals surface area contributed by atoms with Crippen LogP contribution in [0.15, 0.2) is 48.5 Å². The van der Waals surface area contributed by atoms with E-state index in [0.717, 1.165) is 12.0 Å². The Morgan fingerprint density at radius 3 is 2.71 bits per heavy atom. The van der Waals surface area contributed by atoms with E-state index < -0.39 is 0 Å². The van der Waals surface area contributed by atoms with Gasteiger partial charge in [-0.3, -0.25) is 0 Å². The zero-order chi connectivity index (χ0) is 19.8. The number of benzene rings is 2. The highest BCUT2D eigenvalue weighted by molar-refractivity contribution is 5.90. The normalized spacial score (nSPS) is 13.9. The Morgan fingerprint density at radius 2 is 1.96 bits per heavy atom. The van der Waals surface area contributed by atoms with Gasteiger partial charge in [-0.15, -0.1) is 0 Å². The van der Waals surface area contributed by atoms with Crippen LogP contribution in [0, 0.1) is 5.82 Å². The first-order valence-electron chi connectivity index (χ1n) is 9.28. The lowest BCUT2D eigenvalue weighted by molar-refractivity contribution is -0.0380. The molecule has 1 fully saturated rings. The Labute approximate surface area is 164 Å². The molecule has 0 unspecified atom stereocenters. The number of amides is 2. The van der Waals surface area contributed by atoms with E-state index in [2.05, 4.69) is 5.32 Å². The largest absolute Gasteiger partial charge is 0.489 e. The molecule has 2 aromatic rings. The number of hydrogen-bond acceptors (Lipinski definition) is 4. The highest BCUT2D eigenvalue weighted by Gasteiger charge is 2.31. The molecule has 0 saturated carbocycles. The van der Waals surface area contributed by atoms with Crippen LogP contribution in [-0.2, 0) is 16.1 Å². The molecule has 2 aromatic carbocycles. The number of likely N-dealkylation sites (tertiary alicyclic amines) is 1. The number of anilines is 1. The quantitative estimate of drug-likeness (QED) is 0.666. The zero-order valence-corrected chi connectivity index (χ0v) is 15.9. The van der Waals surface area contributed by atoms with Crippen LogP contribution >= 0.6 is 0 Å². The van der Waals surface area contributed by atoms with Crippen LogP contribution in [0.2, 0.25) is 0 Å². The molecule has 0 atom stereocenters. The van der Waals surface area contributed by atoms with E-state index in [0.29, 0.717) is 44.3 Å². The molecule has 0 spiro atoms. The van der Waals surface area contributed by atoms with Gasteiger partial charge < -0.3 is 24.4 Å². The number of hydrogen-bond donors (Lipinski definition) is 1. The smallest absolute Gasteiger partial charge is 0.322 e. The lowest BCUT2D eigenvalue weighted by Gasteiger charge is -2.38. The molecule has 1 saturated heterocycles. The van der Waals surface area contributed by atoms with Gasteiger partial charge in [-0.05, 0) is 36.2 Å². The van der Waals surface area contributed by atoms with Crippen molar-refractivity contribution in [2.45, 2.75) is 19.1 Å². The number of halogens is 1. The van der Waals surface area contributed by atoms with Gasteiger partial charge in [0, 0.05) is 32.1 Å². The molecule has 1 heterocycles. The van der Waals surface area contributed by atoms with Gasteiger partial charge in [-0.25, -0.2) is 9.18 Å². The Morgan fingerprint density at radius 1 is 1.18 bits per heavy atom. The predicted molar refractivity (Wildman–Crippen MR) is 104 cm³/mol. The number of nitrogens with zero attached hydrogens (tertiary/aromatic N) is 1. The number of urea groups is 1. The number of carbonyl (C=O) groups excluding carboxylic acids is 1. The summed E-state index contributed by atoms with van der Waals surface area (Å²) in [4.78, 5) is 14.0. The van der Waals surface area contributed by atoms with Crippen LogP contribution in [-0.4, -0.2) is 50.4 Å². The standard InChI is InChI=1S/C21H25FN2O4/c1-26-10-3-11-27-20-13-24(14-20)21(25)23-18-4-2-5-19(12-18)28-15-16-6-8-17(22)9-7-16/h2,4-9,12,20H,3,10-11,13-15H2,1H3,(H,23,25). The van der Waals surface area contributed by atoms with E-state index >= 15 is 0 Å². The van der Waals surface area contributed by atoms with Crippen molar-refractivity contribution in [1.82, 2.24) is 4.90 Å². The second kappa shape index (κ2) is 10.1. The maximum atomic E-state index is 12.9. The molecule has 0 bridgehead atoms. The van der Waals surface area contributed by atoms with Crippen LogP contribution in [0.3, 0.4) is 0 Å². The van der Waals surface area contributed by atoms with Crippen LogP contribution in [0.25, 0.3) is 0 Å². The van der Waals surface area contributed by atoms with Crippen LogP contribution in [0.4, 0.5) is 14.9 Å². The second-order valence-corrected chi connectivity index (χ2v) is 6.62. The second-order valence-electron chi connectivity index (χ2n) is 6.62. The number of rotatable bonds is 9. The Bertz CT molecular complexity index is 763. The Hall–Kier alpha value is -2.64. The summed E-state index contributed by atoms with van der Waals surface area (Å²) >= 11 is 0. The van der Waals surface area contributed by atoms with Crippen molar-refractivity contribution in [1.29, 1.82) is 0 Å². The van der Waals surface area contributed by atoms with Crippen molar-refractivity contribution in [3.63, 3.8) is 0 Å². The van der Waals surface area contributed by atoms with Crippen LogP contribution in [0.5, 0.6) is 5.75 Å². The van der Waals surface area contributed by atoms with E-state index in [1.807, 2.05) is 12.1 Å². The molecule has 1 aliphatic heterocycles. The minimum Gasteiger partial charge on any atom is -0.489 e. The van der Waals surface area contributed by atoms with E-state index in [9.17, 15) is 9.18 Å². The van der Waals surface area contributed by atoms with Gasteiger partial charge in [0.05, 0.1) is 19.2 Å². The summed E-state index contributed by atoms with van der Waals surface area (Å²) < 4.78 is 29.3. The van der Waals surface area contributed by atoms with Gasteiger partial charge in [0.1, 0.15) is 18.2 Å². The number of nitrogens with one attached hydrogen (secondary N) is 1. The SMILES string of the molecule is COCCCOC1CN(C(=O)Nc2cccc(OCc3ccc(F)cc3)c2)C1. The first-order valence-corrected chi connectivity index (χ1v) is 9.28. The fourth-order valence-electron chi connectivity index (χ4n) is 2.78. The molecule has 1 aliphatic rings. The molecule has 150 valence electrons. The van der Waals surface area contributed by atoms with Gasteiger partial charge in [-0.1, -0.05) is 18.2 Å². The van der Waals surface area contributed by atoms with Crippen molar-refractivity contribution >= 4 is 11.7 Å². The lowest BCUT2D eigenvalue weighted by atomic mass is 10.2. The molecular formula is C21H25FN2O4. The third-order valence-corrected chi connectivity index (χ3v) is 4.39. The van der Waals surface area contributed by atoms with Crippen molar-refractivity contribution in [3.8, 4) is 5.75 Å². The summed E-state index contributed by atoms with van der Waals surface area (Å²) in [7, 11) is 1.66. The minimum absolute atomic E-state index is 0.0907. The summed E-state index contributed by atoms with van der Waals surface area (Å²) in [6.45, 7) is 2.81. The molecule has 6 nitrogen and oxygen atoms in total. The van der Waals surface area contributed by atoms with E-state index in [1.165, 1.54) is 12.1 Å². The predicted octanol–water partition coefficient (Wildman–Crippen LogP) is 3.67. The van der Waals surface area contributed by atoms with Crippen molar-refractivity contribution < 1.29 is 23.4 Å². The van der Waals surface area contributed by atoms with Gasteiger partial charge in [-0.2, -0.15) is 0 Å². The molecule has 7 heteroatoms. The Kier molecular flexibility index (Phi) is 7.22. The Balaban J connectivity index is 1.42. The first kappa shape index (κ1) is 20.1. The first-order chi connectivity index (χ1) is 13.6. The summed E-state index contributed by atoms with van der Waals surface area (Å²) in [5, 5.41) is 2.87. The minimum atomic E-state index is -0.276. The third-order valence-electron chi connectivity index (χ3n) is 4.39. The highest BCUT2D eigenvalue weighted by Crippen LogP contribution is 2.20. The van der Waals surface area contributed by atoms with Crippen molar-refractivity contribution in [3.05, 3.63) is 59.9 Å². The van der Waals surface area contributed by atoms with Crippen LogP contribution < -0.4 is 10.1 Å². The average molecular weight is 388 g/mol. The van der Waals surface area contributed by atoms with Gasteiger partial charge in [0.15, 0.2) is 0 Å². The summed E-state index contributed by atoms with van der Waals surface area (Å²) in [6.07, 6.45) is 0.942. The molecule has 3 rings (SSSR count). The molecule has 0 radical (unpaired) electrons. The number of carbonyl (C=O) groups is 1.